The molecule has 1 aromatic carbocycles. The van der Waals surface area contributed by atoms with Crippen LogP contribution in [0.1, 0.15) is 21.8 Å². The van der Waals surface area contributed by atoms with Gasteiger partial charge in [0.25, 0.3) is 0 Å². The zero-order valence-electron chi connectivity index (χ0n) is 9.74. The first-order valence-corrected chi connectivity index (χ1v) is 6.21. The molecule has 0 bridgehead atoms. The summed E-state index contributed by atoms with van der Waals surface area (Å²) in [5.74, 6) is -1.47. The number of benzene rings is 1. The minimum Gasteiger partial charge on any atom is -0.481 e. The Morgan fingerprint density at radius 3 is 2.74 bits per heavy atom. The summed E-state index contributed by atoms with van der Waals surface area (Å²) < 4.78 is 4.11. The average Bonchev–Trinajstić information content (AvgIpc) is 2.85. The van der Waals surface area contributed by atoms with E-state index < -0.39 is 11.9 Å². The van der Waals surface area contributed by atoms with Gasteiger partial charge in [-0.2, -0.15) is 4.37 Å². The third kappa shape index (κ3) is 3.35. The Balaban J connectivity index is 2.20. The van der Waals surface area contributed by atoms with Crippen LogP contribution >= 0.6 is 11.5 Å². The van der Waals surface area contributed by atoms with Crippen molar-refractivity contribution in [1.29, 1.82) is 0 Å². The molecule has 0 saturated heterocycles. The fourth-order valence-electron chi connectivity index (χ4n) is 1.48. The highest BCUT2D eigenvalue weighted by Crippen LogP contribution is 2.20. The van der Waals surface area contributed by atoms with E-state index >= 15 is 0 Å². The predicted molar refractivity (Wildman–Crippen MR) is 68.3 cm³/mol. The number of aromatic nitrogens is 2. The third-order valence-corrected chi connectivity index (χ3v) is 3.16. The van der Waals surface area contributed by atoms with E-state index in [9.17, 15) is 9.59 Å². The van der Waals surface area contributed by atoms with Crippen LogP contribution in [0, 0.1) is 0 Å². The molecule has 2 N–H and O–H groups in total. The number of rotatable bonds is 5. The van der Waals surface area contributed by atoms with Crippen molar-refractivity contribution in [3.8, 4) is 11.4 Å². The first kappa shape index (κ1) is 13.2. The van der Waals surface area contributed by atoms with Crippen molar-refractivity contribution >= 4 is 23.5 Å². The van der Waals surface area contributed by atoms with Gasteiger partial charge in [-0.1, -0.05) is 12.1 Å². The van der Waals surface area contributed by atoms with Gasteiger partial charge in [-0.05, 0) is 23.7 Å². The topological polar surface area (TPSA) is 100 Å². The van der Waals surface area contributed by atoms with Crippen LogP contribution in [-0.2, 0) is 11.2 Å². The first-order chi connectivity index (χ1) is 9.06. The first-order valence-electron chi connectivity index (χ1n) is 5.44. The van der Waals surface area contributed by atoms with E-state index in [1.807, 2.05) is 0 Å². The largest absolute Gasteiger partial charge is 0.481 e. The second kappa shape index (κ2) is 5.57. The Hall–Kier alpha value is -2.28. The maximum absolute atomic E-state index is 10.9. The van der Waals surface area contributed by atoms with Gasteiger partial charge in [0.1, 0.15) is 5.01 Å². The van der Waals surface area contributed by atoms with Crippen molar-refractivity contribution in [1.82, 2.24) is 9.36 Å². The summed E-state index contributed by atoms with van der Waals surface area (Å²) in [6.45, 7) is 0. The minimum absolute atomic E-state index is 0.00377. The van der Waals surface area contributed by atoms with E-state index in [1.54, 1.807) is 12.1 Å². The SMILES string of the molecule is O=C(O)CCc1nc(-c2cccc(C(=O)O)c2)ns1. The van der Waals surface area contributed by atoms with Crippen LogP contribution in [0.4, 0.5) is 0 Å². The average molecular weight is 278 g/mol. The number of aryl methyl sites for hydroxylation is 1. The summed E-state index contributed by atoms with van der Waals surface area (Å²) in [4.78, 5) is 25.5. The van der Waals surface area contributed by atoms with Gasteiger partial charge in [-0.15, -0.1) is 0 Å². The van der Waals surface area contributed by atoms with Gasteiger partial charge < -0.3 is 10.2 Å². The Kier molecular flexibility index (Phi) is 3.86. The number of hydrogen-bond donors (Lipinski definition) is 2. The van der Waals surface area contributed by atoms with Crippen LogP contribution < -0.4 is 0 Å². The molecular formula is C12H10N2O4S. The van der Waals surface area contributed by atoms with Crippen molar-refractivity contribution in [2.45, 2.75) is 12.8 Å². The zero-order chi connectivity index (χ0) is 13.8. The maximum atomic E-state index is 10.9. The van der Waals surface area contributed by atoms with Crippen LogP contribution in [0.15, 0.2) is 24.3 Å². The Morgan fingerprint density at radius 2 is 2.05 bits per heavy atom. The third-order valence-electron chi connectivity index (χ3n) is 2.39. The summed E-state index contributed by atoms with van der Waals surface area (Å²) in [5.41, 5.74) is 0.775. The smallest absolute Gasteiger partial charge is 0.335 e. The van der Waals surface area contributed by atoms with Gasteiger partial charge in [-0.3, -0.25) is 4.79 Å². The van der Waals surface area contributed by atoms with Crippen LogP contribution in [0.3, 0.4) is 0 Å². The molecule has 0 aliphatic heterocycles. The molecule has 7 heteroatoms. The Morgan fingerprint density at radius 1 is 1.26 bits per heavy atom. The van der Waals surface area contributed by atoms with Crippen LogP contribution in [-0.4, -0.2) is 31.5 Å². The molecular weight excluding hydrogens is 268 g/mol. The van der Waals surface area contributed by atoms with Crippen LogP contribution in [0.25, 0.3) is 11.4 Å². The number of aliphatic carboxylic acids is 1. The molecule has 19 heavy (non-hydrogen) atoms. The van der Waals surface area contributed by atoms with Gasteiger partial charge in [0.15, 0.2) is 5.82 Å². The summed E-state index contributed by atoms with van der Waals surface area (Å²) in [5, 5.41) is 18.1. The van der Waals surface area contributed by atoms with Gasteiger partial charge in [0.05, 0.1) is 12.0 Å². The molecule has 0 spiro atoms. The molecule has 0 aliphatic rings. The van der Waals surface area contributed by atoms with Crippen molar-refractivity contribution < 1.29 is 19.8 Å². The molecule has 2 rings (SSSR count). The number of hydrogen-bond acceptors (Lipinski definition) is 5. The molecule has 0 amide bonds. The quantitative estimate of drug-likeness (QED) is 0.866. The highest BCUT2D eigenvalue weighted by molar-refractivity contribution is 7.05. The summed E-state index contributed by atoms with van der Waals surface area (Å²) >= 11 is 1.13. The van der Waals surface area contributed by atoms with Crippen LogP contribution in [0.2, 0.25) is 0 Å². The molecule has 0 fully saturated rings. The van der Waals surface area contributed by atoms with Gasteiger partial charge in [0, 0.05) is 12.0 Å². The fourth-order valence-corrected chi connectivity index (χ4v) is 2.14. The molecule has 0 saturated carbocycles. The highest BCUT2D eigenvalue weighted by atomic mass is 32.1. The summed E-state index contributed by atoms with van der Waals surface area (Å²) in [7, 11) is 0. The lowest BCUT2D eigenvalue weighted by atomic mass is 10.1. The van der Waals surface area contributed by atoms with Crippen molar-refractivity contribution in [3.63, 3.8) is 0 Å². The molecule has 1 heterocycles. The number of carbonyl (C=O) groups is 2. The monoisotopic (exact) mass is 278 g/mol. The highest BCUT2D eigenvalue weighted by Gasteiger charge is 2.10. The van der Waals surface area contributed by atoms with Crippen LogP contribution in [0.5, 0.6) is 0 Å². The number of aromatic carboxylic acids is 1. The van der Waals surface area contributed by atoms with E-state index in [0.29, 0.717) is 22.8 Å². The molecule has 0 radical (unpaired) electrons. The van der Waals surface area contributed by atoms with E-state index in [0.717, 1.165) is 11.5 Å². The second-order valence-corrected chi connectivity index (χ2v) is 4.63. The fraction of sp³-hybridized carbons (Fsp3) is 0.167. The number of carboxylic acids is 2. The molecule has 1 aromatic heterocycles. The zero-order valence-corrected chi connectivity index (χ0v) is 10.6. The standard InChI is InChI=1S/C12H10N2O4S/c15-10(16)5-4-9-13-11(14-19-9)7-2-1-3-8(6-7)12(17)18/h1-3,6H,4-5H2,(H,15,16)(H,17,18). The molecule has 2 aromatic rings. The lowest BCUT2D eigenvalue weighted by Crippen LogP contribution is -1.97. The van der Waals surface area contributed by atoms with Gasteiger partial charge in [0.2, 0.25) is 0 Å². The van der Waals surface area contributed by atoms with Crippen molar-refractivity contribution in [3.05, 3.63) is 34.8 Å². The number of carboxylic acid groups (broad SMARTS) is 2. The Bertz CT molecular complexity index is 624. The molecule has 0 atom stereocenters. The van der Waals surface area contributed by atoms with E-state index in [-0.39, 0.29) is 12.0 Å². The van der Waals surface area contributed by atoms with E-state index in [2.05, 4.69) is 9.36 Å². The lowest BCUT2D eigenvalue weighted by Gasteiger charge is -1.97. The van der Waals surface area contributed by atoms with Gasteiger partial charge in [-0.25, -0.2) is 9.78 Å². The van der Waals surface area contributed by atoms with E-state index in [4.69, 9.17) is 10.2 Å². The minimum atomic E-state index is -1.01. The summed E-state index contributed by atoms with van der Waals surface area (Å²) in [6, 6.07) is 6.32. The summed E-state index contributed by atoms with van der Waals surface area (Å²) in [6.07, 6.45) is 0.329. The maximum Gasteiger partial charge on any atom is 0.335 e. The van der Waals surface area contributed by atoms with Crippen molar-refractivity contribution in [2.75, 3.05) is 0 Å². The Labute approximate surface area is 112 Å². The van der Waals surface area contributed by atoms with Crippen molar-refractivity contribution in [2.24, 2.45) is 0 Å². The molecule has 98 valence electrons. The molecule has 0 unspecified atom stereocenters. The van der Waals surface area contributed by atoms with Gasteiger partial charge >= 0.3 is 11.9 Å². The lowest BCUT2D eigenvalue weighted by molar-refractivity contribution is -0.136. The normalized spacial score (nSPS) is 10.3. The molecule has 0 aliphatic carbocycles. The second-order valence-electron chi connectivity index (χ2n) is 3.79. The van der Waals surface area contributed by atoms with E-state index in [1.165, 1.54) is 12.1 Å². The number of nitrogens with zero attached hydrogens (tertiary/aromatic N) is 2. The molecule has 6 nitrogen and oxygen atoms in total. The predicted octanol–water partition coefficient (Wildman–Crippen LogP) is 1.92.